The number of carbonyl (C=O) groups is 2. The summed E-state index contributed by atoms with van der Waals surface area (Å²) in [6.45, 7) is 0.277. The van der Waals surface area contributed by atoms with Crippen LogP contribution in [0.4, 0.5) is 18.0 Å². The molecule has 0 radical (unpaired) electrons. The lowest BCUT2D eigenvalue weighted by Crippen LogP contribution is -2.10. The molecule has 4 nitrogen and oxygen atoms in total. The quantitative estimate of drug-likeness (QED) is 0.625. The van der Waals surface area contributed by atoms with Crippen LogP contribution in [0.25, 0.3) is 17.0 Å². The van der Waals surface area contributed by atoms with Crippen molar-refractivity contribution in [2.45, 2.75) is 12.7 Å². The smallest absolute Gasteiger partial charge is 0.343 e. The van der Waals surface area contributed by atoms with Crippen LogP contribution in [0.5, 0.6) is 0 Å². The van der Waals surface area contributed by atoms with Crippen molar-refractivity contribution in [2.24, 2.45) is 0 Å². The summed E-state index contributed by atoms with van der Waals surface area (Å²) in [5.74, 6) is 0. The highest BCUT2D eigenvalue weighted by atomic mass is 32.2. The summed E-state index contributed by atoms with van der Waals surface area (Å²) in [5.41, 5.74) is 1.63. The SMILES string of the molecule is O=C1NC(=Cc2cccc3c2ccn3Cc2cccc(C(F)(F)F)c2)C(=O)S1. The Morgan fingerprint density at radius 2 is 1.86 bits per heavy atom. The second kappa shape index (κ2) is 6.87. The molecule has 142 valence electrons. The number of hydrogen-bond donors (Lipinski definition) is 1. The highest BCUT2D eigenvalue weighted by Crippen LogP contribution is 2.30. The van der Waals surface area contributed by atoms with Gasteiger partial charge in [0.25, 0.3) is 5.24 Å². The van der Waals surface area contributed by atoms with Gasteiger partial charge in [-0.2, -0.15) is 13.2 Å². The maximum Gasteiger partial charge on any atom is 0.416 e. The van der Waals surface area contributed by atoms with E-state index in [9.17, 15) is 22.8 Å². The minimum atomic E-state index is -4.38. The molecule has 1 fully saturated rings. The molecule has 1 amide bonds. The molecule has 2 aromatic carbocycles. The molecule has 1 aliphatic rings. The van der Waals surface area contributed by atoms with E-state index in [1.165, 1.54) is 6.07 Å². The van der Waals surface area contributed by atoms with Gasteiger partial charge in [-0.15, -0.1) is 0 Å². The van der Waals surface area contributed by atoms with Gasteiger partial charge in [0.15, 0.2) is 0 Å². The Bertz CT molecular complexity index is 1130. The maximum atomic E-state index is 12.9. The summed E-state index contributed by atoms with van der Waals surface area (Å²) in [5, 5.41) is 2.59. The second-order valence-electron chi connectivity index (χ2n) is 6.28. The van der Waals surface area contributed by atoms with Crippen molar-refractivity contribution in [3.05, 3.63) is 77.1 Å². The van der Waals surface area contributed by atoms with Gasteiger partial charge in [-0.25, -0.2) is 0 Å². The van der Waals surface area contributed by atoms with Gasteiger partial charge in [0, 0.05) is 35.4 Å². The van der Waals surface area contributed by atoms with Crippen LogP contribution in [0.1, 0.15) is 16.7 Å². The van der Waals surface area contributed by atoms with Gasteiger partial charge in [0.05, 0.1) is 11.3 Å². The average molecular weight is 402 g/mol. The molecule has 0 aliphatic carbocycles. The largest absolute Gasteiger partial charge is 0.416 e. The predicted molar refractivity (Wildman–Crippen MR) is 102 cm³/mol. The van der Waals surface area contributed by atoms with Crippen LogP contribution in [-0.4, -0.2) is 14.9 Å². The first-order chi connectivity index (χ1) is 13.3. The van der Waals surface area contributed by atoms with Crippen LogP contribution in [0.3, 0.4) is 0 Å². The number of nitrogens with zero attached hydrogens (tertiary/aromatic N) is 1. The summed E-state index contributed by atoms with van der Waals surface area (Å²) in [4.78, 5) is 23.1. The normalized spacial score (nSPS) is 16.2. The lowest BCUT2D eigenvalue weighted by molar-refractivity contribution is -0.137. The van der Waals surface area contributed by atoms with E-state index in [0.717, 1.165) is 28.6 Å². The zero-order valence-electron chi connectivity index (χ0n) is 14.3. The van der Waals surface area contributed by atoms with Crippen LogP contribution in [-0.2, 0) is 17.5 Å². The number of fused-ring (bicyclic) bond motifs is 1. The Hall–Kier alpha value is -3.00. The minimum Gasteiger partial charge on any atom is -0.343 e. The first-order valence-electron chi connectivity index (χ1n) is 8.30. The molecular formula is C20H13F3N2O2S. The third-order valence-electron chi connectivity index (χ3n) is 4.40. The molecule has 0 unspecified atom stereocenters. The van der Waals surface area contributed by atoms with E-state index in [2.05, 4.69) is 5.32 Å². The molecule has 1 aromatic heterocycles. The fourth-order valence-corrected chi connectivity index (χ4v) is 3.68. The van der Waals surface area contributed by atoms with Gasteiger partial charge in [0.1, 0.15) is 0 Å². The minimum absolute atomic E-state index is 0.216. The molecule has 0 spiro atoms. The van der Waals surface area contributed by atoms with Crippen LogP contribution < -0.4 is 5.32 Å². The summed E-state index contributed by atoms with van der Waals surface area (Å²) < 4.78 is 40.6. The molecule has 8 heteroatoms. The monoisotopic (exact) mass is 402 g/mol. The molecule has 3 aromatic rings. The number of aromatic nitrogens is 1. The topological polar surface area (TPSA) is 51.1 Å². The van der Waals surface area contributed by atoms with Gasteiger partial charge in [-0.1, -0.05) is 24.3 Å². The van der Waals surface area contributed by atoms with E-state index in [4.69, 9.17) is 0 Å². The number of nitrogens with one attached hydrogen (secondary N) is 1. The third kappa shape index (κ3) is 3.55. The van der Waals surface area contributed by atoms with E-state index in [0.29, 0.717) is 17.3 Å². The van der Waals surface area contributed by atoms with Gasteiger partial charge < -0.3 is 9.88 Å². The fourth-order valence-electron chi connectivity index (χ4n) is 3.13. The van der Waals surface area contributed by atoms with E-state index >= 15 is 0 Å². The number of carbonyl (C=O) groups excluding carboxylic acids is 2. The fraction of sp³-hybridized carbons (Fsp3) is 0.100. The van der Waals surface area contributed by atoms with Crippen LogP contribution in [0.2, 0.25) is 0 Å². The van der Waals surface area contributed by atoms with Crippen molar-refractivity contribution in [1.82, 2.24) is 9.88 Å². The zero-order valence-corrected chi connectivity index (χ0v) is 15.1. The molecule has 28 heavy (non-hydrogen) atoms. The second-order valence-corrected chi connectivity index (χ2v) is 7.23. The van der Waals surface area contributed by atoms with Crippen LogP contribution in [0.15, 0.2) is 60.4 Å². The number of benzene rings is 2. The number of halogens is 3. The first kappa shape index (κ1) is 18.4. The number of thioether (sulfide) groups is 1. The Morgan fingerprint density at radius 1 is 1.07 bits per heavy atom. The van der Waals surface area contributed by atoms with Crippen molar-refractivity contribution >= 4 is 39.1 Å². The van der Waals surface area contributed by atoms with Crippen molar-refractivity contribution in [2.75, 3.05) is 0 Å². The van der Waals surface area contributed by atoms with Crippen molar-refractivity contribution < 1.29 is 22.8 Å². The van der Waals surface area contributed by atoms with Gasteiger partial charge >= 0.3 is 6.18 Å². The van der Waals surface area contributed by atoms with E-state index in [-0.39, 0.29) is 17.4 Å². The van der Waals surface area contributed by atoms with E-state index < -0.39 is 17.0 Å². The highest BCUT2D eigenvalue weighted by molar-refractivity contribution is 8.27. The Balaban J connectivity index is 1.69. The van der Waals surface area contributed by atoms with Crippen molar-refractivity contribution in [3.8, 4) is 0 Å². The molecule has 0 bridgehead atoms. The van der Waals surface area contributed by atoms with E-state index in [1.54, 1.807) is 24.4 Å². The molecule has 0 saturated carbocycles. The number of alkyl halides is 3. The molecule has 1 N–H and O–H groups in total. The Morgan fingerprint density at radius 3 is 2.57 bits per heavy atom. The average Bonchev–Trinajstić information content (AvgIpc) is 3.18. The summed E-state index contributed by atoms with van der Waals surface area (Å²) in [7, 11) is 0. The lowest BCUT2D eigenvalue weighted by Gasteiger charge is -2.10. The van der Waals surface area contributed by atoms with E-state index in [1.807, 2.05) is 22.8 Å². The Labute approximate surface area is 162 Å². The number of hydrogen-bond acceptors (Lipinski definition) is 3. The predicted octanol–water partition coefficient (Wildman–Crippen LogP) is 5.03. The van der Waals surface area contributed by atoms with Crippen molar-refractivity contribution in [1.29, 1.82) is 0 Å². The summed E-state index contributed by atoms with van der Waals surface area (Å²) >= 11 is 0.609. The van der Waals surface area contributed by atoms with Gasteiger partial charge in [-0.3, -0.25) is 9.59 Å². The van der Waals surface area contributed by atoms with Crippen LogP contribution >= 0.6 is 11.8 Å². The zero-order chi connectivity index (χ0) is 19.9. The Kier molecular flexibility index (Phi) is 4.50. The highest BCUT2D eigenvalue weighted by Gasteiger charge is 2.30. The first-order valence-corrected chi connectivity index (χ1v) is 9.12. The van der Waals surface area contributed by atoms with Gasteiger partial charge in [0.2, 0.25) is 5.12 Å². The van der Waals surface area contributed by atoms with Crippen molar-refractivity contribution in [3.63, 3.8) is 0 Å². The molecule has 0 atom stereocenters. The van der Waals surface area contributed by atoms with Gasteiger partial charge in [-0.05, 0) is 41.5 Å². The van der Waals surface area contributed by atoms with Crippen LogP contribution in [0, 0.1) is 0 Å². The molecule has 1 aliphatic heterocycles. The lowest BCUT2D eigenvalue weighted by atomic mass is 10.1. The number of amides is 1. The molecular weight excluding hydrogens is 389 g/mol. The molecule has 1 saturated heterocycles. The molecule has 2 heterocycles. The summed E-state index contributed by atoms with van der Waals surface area (Å²) in [6.07, 6.45) is -0.988. The summed E-state index contributed by atoms with van der Waals surface area (Å²) in [6, 6.07) is 12.5. The molecule has 4 rings (SSSR count). The number of rotatable bonds is 3. The maximum absolute atomic E-state index is 12.9. The standard InChI is InChI=1S/C20H13F3N2O2S/c21-20(22,23)14-5-1-3-12(9-14)11-25-8-7-15-13(4-2-6-17(15)25)10-16-18(26)28-19(27)24-16/h1-10H,11H2,(H,24,27). The third-order valence-corrected chi connectivity index (χ3v) is 5.09.